The Morgan fingerprint density at radius 1 is 0.879 bits per heavy atom. The van der Waals surface area contributed by atoms with E-state index in [1.807, 2.05) is 40.8 Å². The van der Waals surface area contributed by atoms with Gasteiger partial charge >= 0.3 is 0 Å². The maximum absolute atomic E-state index is 13.3. The average Bonchev–Trinajstić information content (AvgIpc) is 3.46. The van der Waals surface area contributed by atoms with Gasteiger partial charge in [-0.25, -0.2) is 0 Å². The maximum Gasteiger partial charge on any atom is 0.270 e. The Bertz CT molecular complexity index is 1210. The highest BCUT2D eigenvalue weighted by atomic mass is 16.2. The monoisotopic (exact) mass is 441 g/mol. The van der Waals surface area contributed by atoms with Crippen molar-refractivity contribution in [2.75, 3.05) is 26.2 Å². The smallest absolute Gasteiger partial charge is 0.270 e. The number of piperidine rings is 1. The van der Waals surface area contributed by atoms with Gasteiger partial charge in [-0.3, -0.25) is 9.59 Å². The minimum absolute atomic E-state index is 0.123. The van der Waals surface area contributed by atoms with Gasteiger partial charge in [-0.15, -0.1) is 0 Å². The highest BCUT2D eigenvalue weighted by molar-refractivity contribution is 5.98. The number of likely N-dealkylation sites (tertiary alicyclic amines) is 2. The van der Waals surface area contributed by atoms with E-state index in [4.69, 9.17) is 0 Å². The largest absolute Gasteiger partial charge is 0.342 e. The normalized spacial score (nSPS) is 23.9. The predicted molar refractivity (Wildman–Crippen MR) is 129 cm³/mol. The third-order valence-electron chi connectivity index (χ3n) is 8.37. The number of aryl methyl sites for hydroxylation is 1. The second-order valence-electron chi connectivity index (χ2n) is 10.3. The summed E-state index contributed by atoms with van der Waals surface area (Å²) in [7, 11) is 1.97. The van der Waals surface area contributed by atoms with E-state index in [0.717, 1.165) is 68.5 Å². The summed E-state index contributed by atoms with van der Waals surface area (Å²) in [5.74, 6) is 1.03. The van der Waals surface area contributed by atoms with Gasteiger partial charge in [-0.05, 0) is 54.7 Å². The number of aromatic nitrogens is 1. The second kappa shape index (κ2) is 7.75. The molecule has 3 aliphatic rings. The Hall–Kier alpha value is -3.08. The average molecular weight is 442 g/mol. The quantitative estimate of drug-likeness (QED) is 0.603. The molecule has 170 valence electrons. The lowest BCUT2D eigenvalue weighted by atomic mass is 9.77. The summed E-state index contributed by atoms with van der Waals surface area (Å²) in [6.07, 6.45) is 4.02. The number of carbonyl (C=O) groups excluding carboxylic acids is 2. The molecule has 3 aromatic rings. The van der Waals surface area contributed by atoms with Gasteiger partial charge in [-0.2, -0.15) is 0 Å². The Morgan fingerprint density at radius 2 is 1.55 bits per heavy atom. The molecular formula is C28H31N3O2. The van der Waals surface area contributed by atoms with Crippen LogP contribution in [0.2, 0.25) is 0 Å². The summed E-state index contributed by atoms with van der Waals surface area (Å²) < 4.78 is 2.01. The van der Waals surface area contributed by atoms with Gasteiger partial charge in [0.05, 0.1) is 0 Å². The Kier molecular flexibility index (Phi) is 4.82. The minimum atomic E-state index is 0.123. The zero-order chi connectivity index (χ0) is 22.6. The first-order valence-electron chi connectivity index (χ1n) is 12.2. The molecular weight excluding hydrogens is 410 g/mol. The molecule has 6 rings (SSSR count). The fraction of sp³-hybridized carbons (Fsp3) is 0.429. The van der Waals surface area contributed by atoms with Crippen LogP contribution in [0.15, 0.2) is 60.7 Å². The van der Waals surface area contributed by atoms with E-state index in [2.05, 4.69) is 41.3 Å². The minimum Gasteiger partial charge on any atom is -0.342 e. The van der Waals surface area contributed by atoms with Crippen LogP contribution >= 0.6 is 0 Å². The van der Waals surface area contributed by atoms with Crippen LogP contribution < -0.4 is 0 Å². The van der Waals surface area contributed by atoms with Gasteiger partial charge < -0.3 is 14.4 Å². The lowest BCUT2D eigenvalue weighted by Crippen LogP contribution is -2.45. The highest BCUT2D eigenvalue weighted by Crippen LogP contribution is 2.50. The van der Waals surface area contributed by atoms with Gasteiger partial charge in [0.1, 0.15) is 5.69 Å². The first kappa shape index (κ1) is 20.5. The molecule has 5 heteroatoms. The van der Waals surface area contributed by atoms with Crippen molar-refractivity contribution in [2.45, 2.75) is 31.6 Å². The fourth-order valence-corrected chi connectivity index (χ4v) is 6.14. The molecule has 0 N–H and O–H groups in total. The number of hydrogen-bond donors (Lipinski definition) is 0. The number of rotatable bonds is 3. The van der Waals surface area contributed by atoms with Gasteiger partial charge in [0.15, 0.2) is 0 Å². The van der Waals surface area contributed by atoms with Crippen molar-refractivity contribution >= 4 is 22.7 Å². The van der Waals surface area contributed by atoms with Crippen molar-refractivity contribution in [3.63, 3.8) is 0 Å². The molecule has 0 bridgehead atoms. The maximum atomic E-state index is 13.3. The van der Waals surface area contributed by atoms with Crippen LogP contribution in [0.25, 0.3) is 10.9 Å². The highest BCUT2D eigenvalue weighted by Gasteiger charge is 2.49. The van der Waals surface area contributed by atoms with Gasteiger partial charge in [0.25, 0.3) is 5.91 Å². The SMILES string of the molecule is Cn1c(C(=O)N2CCC3(CC2)CCN(C(=O)C2CC2c2ccccc2)C3)cc2ccccc21. The van der Waals surface area contributed by atoms with Gasteiger partial charge in [0, 0.05) is 50.0 Å². The van der Waals surface area contributed by atoms with Crippen molar-refractivity contribution < 1.29 is 9.59 Å². The van der Waals surface area contributed by atoms with Crippen molar-refractivity contribution in [1.29, 1.82) is 0 Å². The topological polar surface area (TPSA) is 45.6 Å². The van der Waals surface area contributed by atoms with Crippen molar-refractivity contribution in [2.24, 2.45) is 18.4 Å². The zero-order valence-electron chi connectivity index (χ0n) is 19.2. The summed E-state index contributed by atoms with van der Waals surface area (Å²) in [5.41, 5.74) is 3.33. The fourth-order valence-electron chi connectivity index (χ4n) is 6.14. The van der Waals surface area contributed by atoms with Crippen molar-refractivity contribution in [3.8, 4) is 0 Å². The first-order chi connectivity index (χ1) is 16.0. The molecule has 2 aromatic carbocycles. The molecule has 2 saturated heterocycles. The molecule has 5 nitrogen and oxygen atoms in total. The number of carbonyl (C=O) groups is 2. The van der Waals surface area contributed by atoms with Crippen LogP contribution in [0, 0.1) is 11.3 Å². The van der Waals surface area contributed by atoms with Gasteiger partial charge in [-0.1, -0.05) is 48.5 Å². The molecule has 1 aromatic heterocycles. The molecule has 3 heterocycles. The summed E-state index contributed by atoms with van der Waals surface area (Å²) in [6, 6.07) is 20.6. The van der Waals surface area contributed by atoms with Crippen LogP contribution in [0.3, 0.4) is 0 Å². The van der Waals surface area contributed by atoms with E-state index in [-0.39, 0.29) is 17.2 Å². The third kappa shape index (κ3) is 3.54. The van der Waals surface area contributed by atoms with E-state index in [1.165, 1.54) is 5.56 Å². The Labute approximate surface area is 195 Å². The molecule has 2 atom stereocenters. The number of amides is 2. The molecule has 2 amide bonds. The lowest BCUT2D eigenvalue weighted by molar-refractivity contribution is -0.132. The Balaban J connectivity index is 1.08. The third-order valence-corrected chi connectivity index (χ3v) is 8.37. The molecule has 0 radical (unpaired) electrons. The summed E-state index contributed by atoms with van der Waals surface area (Å²) in [6.45, 7) is 3.28. The lowest BCUT2D eigenvalue weighted by Gasteiger charge is -2.39. The summed E-state index contributed by atoms with van der Waals surface area (Å²) in [5, 5.41) is 1.11. The molecule has 2 aliphatic heterocycles. The second-order valence-corrected chi connectivity index (χ2v) is 10.3. The van der Waals surface area contributed by atoms with Crippen LogP contribution in [-0.4, -0.2) is 52.4 Å². The molecule has 1 aliphatic carbocycles. The number of fused-ring (bicyclic) bond motifs is 1. The van der Waals surface area contributed by atoms with Crippen LogP contribution in [-0.2, 0) is 11.8 Å². The van der Waals surface area contributed by atoms with Crippen molar-refractivity contribution in [3.05, 3.63) is 71.9 Å². The molecule has 1 spiro atoms. The van der Waals surface area contributed by atoms with Crippen molar-refractivity contribution in [1.82, 2.24) is 14.4 Å². The van der Waals surface area contributed by atoms with E-state index >= 15 is 0 Å². The van der Waals surface area contributed by atoms with Gasteiger partial charge in [0.2, 0.25) is 5.91 Å². The van der Waals surface area contributed by atoms with E-state index in [9.17, 15) is 9.59 Å². The Morgan fingerprint density at radius 3 is 2.27 bits per heavy atom. The summed E-state index contributed by atoms with van der Waals surface area (Å²) >= 11 is 0. The first-order valence-corrected chi connectivity index (χ1v) is 12.2. The number of nitrogens with zero attached hydrogens (tertiary/aromatic N) is 3. The van der Waals surface area contributed by atoms with Crippen LogP contribution in [0.1, 0.15) is 47.7 Å². The summed E-state index contributed by atoms with van der Waals surface area (Å²) in [4.78, 5) is 30.6. The molecule has 33 heavy (non-hydrogen) atoms. The van der Waals surface area contributed by atoms with E-state index in [1.54, 1.807) is 0 Å². The standard InChI is InChI=1S/C28H31N3O2/c1-29-24-10-6-5-9-21(24)17-25(29)27(33)30-14-11-28(12-15-30)13-16-31(19-28)26(32)23-18-22(23)20-7-3-2-4-8-20/h2-10,17,22-23H,11-16,18-19H2,1H3. The molecule has 2 unspecified atom stereocenters. The van der Waals surface area contributed by atoms with Crippen LogP contribution in [0.5, 0.6) is 0 Å². The number of para-hydroxylation sites is 1. The molecule has 3 fully saturated rings. The zero-order valence-corrected chi connectivity index (χ0v) is 19.2. The van der Waals surface area contributed by atoms with E-state index in [0.29, 0.717) is 11.8 Å². The number of benzene rings is 2. The van der Waals surface area contributed by atoms with E-state index < -0.39 is 0 Å². The molecule has 1 saturated carbocycles. The number of hydrogen-bond acceptors (Lipinski definition) is 2. The van der Waals surface area contributed by atoms with Crippen LogP contribution in [0.4, 0.5) is 0 Å². The predicted octanol–water partition coefficient (Wildman–Crippen LogP) is 4.44.